The Bertz CT molecular complexity index is 1040. The van der Waals surface area contributed by atoms with E-state index in [9.17, 15) is 14.0 Å². The van der Waals surface area contributed by atoms with E-state index in [0.29, 0.717) is 13.0 Å². The highest BCUT2D eigenvalue weighted by Crippen LogP contribution is 2.14. The van der Waals surface area contributed by atoms with E-state index < -0.39 is 6.04 Å². The van der Waals surface area contributed by atoms with Crippen molar-refractivity contribution in [3.05, 3.63) is 101 Å². The summed E-state index contributed by atoms with van der Waals surface area (Å²) < 4.78 is 18.5. The van der Waals surface area contributed by atoms with Gasteiger partial charge in [0.15, 0.2) is 0 Å². The van der Waals surface area contributed by atoms with Gasteiger partial charge >= 0.3 is 0 Å². The van der Waals surface area contributed by atoms with Gasteiger partial charge in [0, 0.05) is 13.1 Å². The number of hydrogen-bond donors (Lipinski definition) is 1. The first-order valence-electron chi connectivity index (χ1n) is 10.9. The molecule has 3 aromatic carbocycles. The van der Waals surface area contributed by atoms with Gasteiger partial charge < -0.3 is 15.0 Å². The molecule has 0 bridgehead atoms. The predicted octanol–water partition coefficient (Wildman–Crippen LogP) is 4.15. The summed E-state index contributed by atoms with van der Waals surface area (Å²) in [7, 11) is 1.62. The van der Waals surface area contributed by atoms with Crippen LogP contribution in [0.25, 0.3) is 0 Å². The first kappa shape index (κ1) is 24.0. The van der Waals surface area contributed by atoms with E-state index >= 15 is 0 Å². The molecule has 5 nitrogen and oxygen atoms in total. The van der Waals surface area contributed by atoms with Crippen LogP contribution in [0.1, 0.15) is 23.6 Å². The Hall–Kier alpha value is -3.67. The lowest BCUT2D eigenvalue weighted by Crippen LogP contribution is -2.48. The molecule has 0 unspecified atom stereocenters. The maximum atomic E-state index is 13.3. The predicted molar refractivity (Wildman–Crippen MR) is 126 cm³/mol. The summed E-state index contributed by atoms with van der Waals surface area (Å²) >= 11 is 0. The maximum absolute atomic E-state index is 13.3. The summed E-state index contributed by atoms with van der Waals surface area (Å²) in [5.74, 6) is 0.0466. The molecule has 3 aromatic rings. The van der Waals surface area contributed by atoms with Crippen LogP contribution in [0, 0.1) is 5.82 Å². The lowest BCUT2D eigenvalue weighted by atomic mass is 10.1. The zero-order valence-corrected chi connectivity index (χ0v) is 19.0. The van der Waals surface area contributed by atoms with Gasteiger partial charge in [-0.3, -0.25) is 9.59 Å². The Balaban J connectivity index is 1.65. The second-order valence-corrected chi connectivity index (χ2v) is 7.88. The number of amides is 2. The molecule has 1 N–H and O–H groups in total. The molecule has 0 saturated heterocycles. The third-order valence-electron chi connectivity index (χ3n) is 5.50. The molecule has 0 radical (unpaired) electrons. The summed E-state index contributed by atoms with van der Waals surface area (Å²) in [6.45, 7) is 2.39. The largest absolute Gasteiger partial charge is 0.497 e. The van der Waals surface area contributed by atoms with Crippen molar-refractivity contribution in [1.29, 1.82) is 0 Å². The number of carbonyl (C=O) groups excluding carboxylic acids is 2. The van der Waals surface area contributed by atoms with Crippen LogP contribution in [0.5, 0.6) is 5.75 Å². The number of nitrogens with zero attached hydrogens (tertiary/aromatic N) is 1. The summed E-state index contributed by atoms with van der Waals surface area (Å²) in [5.41, 5.74) is 2.71. The average molecular weight is 449 g/mol. The molecule has 0 aromatic heterocycles. The first-order chi connectivity index (χ1) is 16.0. The van der Waals surface area contributed by atoms with Gasteiger partial charge in [-0.1, -0.05) is 54.6 Å². The lowest BCUT2D eigenvalue weighted by molar-refractivity contribution is -0.140. The molecule has 0 aliphatic heterocycles. The van der Waals surface area contributed by atoms with E-state index in [1.165, 1.54) is 12.1 Å². The third-order valence-corrected chi connectivity index (χ3v) is 5.50. The van der Waals surface area contributed by atoms with Gasteiger partial charge in [-0.25, -0.2) is 4.39 Å². The van der Waals surface area contributed by atoms with Crippen molar-refractivity contribution in [2.24, 2.45) is 0 Å². The maximum Gasteiger partial charge on any atom is 0.242 e. The van der Waals surface area contributed by atoms with Gasteiger partial charge in [-0.2, -0.15) is 0 Å². The minimum Gasteiger partial charge on any atom is -0.497 e. The SMILES string of the molecule is COc1ccc(CCNC(=O)[C@H](C)N(Cc2ccc(F)cc2)C(=O)Cc2ccccc2)cc1. The first-order valence-corrected chi connectivity index (χ1v) is 10.9. The van der Waals surface area contributed by atoms with E-state index in [-0.39, 0.29) is 30.6 Å². The van der Waals surface area contributed by atoms with Crippen molar-refractivity contribution in [3.8, 4) is 5.75 Å². The molecule has 2 amide bonds. The Morgan fingerprint density at radius 2 is 1.55 bits per heavy atom. The van der Waals surface area contributed by atoms with Crippen molar-refractivity contribution in [1.82, 2.24) is 10.2 Å². The Kier molecular flexibility index (Phi) is 8.58. The molecule has 1 atom stereocenters. The zero-order valence-electron chi connectivity index (χ0n) is 19.0. The highest BCUT2D eigenvalue weighted by atomic mass is 19.1. The monoisotopic (exact) mass is 448 g/mol. The molecular formula is C27H29FN2O3. The van der Waals surface area contributed by atoms with Crippen molar-refractivity contribution in [2.75, 3.05) is 13.7 Å². The number of halogens is 1. The molecular weight excluding hydrogens is 419 g/mol. The smallest absolute Gasteiger partial charge is 0.242 e. The summed E-state index contributed by atoms with van der Waals surface area (Å²) in [4.78, 5) is 27.6. The standard InChI is InChI=1S/C27H29FN2O3/c1-20(27(32)29-17-16-21-10-14-25(33-2)15-11-21)30(19-23-8-12-24(28)13-9-23)26(31)18-22-6-4-3-5-7-22/h3-15,20H,16-19H2,1-2H3,(H,29,32)/t20-/m0/s1. The molecule has 0 saturated carbocycles. The quantitative estimate of drug-likeness (QED) is 0.507. The van der Waals surface area contributed by atoms with Crippen molar-refractivity contribution >= 4 is 11.8 Å². The summed E-state index contributed by atoms with van der Waals surface area (Å²) in [5, 5.41) is 2.93. The van der Waals surface area contributed by atoms with E-state index in [4.69, 9.17) is 4.74 Å². The van der Waals surface area contributed by atoms with Gasteiger partial charge in [-0.05, 0) is 54.3 Å². The summed E-state index contributed by atoms with van der Waals surface area (Å²) in [6, 6.07) is 22.4. The van der Waals surface area contributed by atoms with Crippen LogP contribution >= 0.6 is 0 Å². The van der Waals surface area contributed by atoms with Gasteiger partial charge in [0.1, 0.15) is 17.6 Å². The fourth-order valence-electron chi connectivity index (χ4n) is 3.51. The molecule has 3 rings (SSSR count). The molecule has 6 heteroatoms. The number of methoxy groups -OCH3 is 1. The molecule has 0 aliphatic rings. The van der Waals surface area contributed by atoms with Gasteiger partial charge in [-0.15, -0.1) is 0 Å². The van der Waals surface area contributed by atoms with Gasteiger partial charge in [0.2, 0.25) is 11.8 Å². The highest BCUT2D eigenvalue weighted by molar-refractivity contribution is 5.88. The van der Waals surface area contributed by atoms with E-state index in [1.54, 1.807) is 31.1 Å². The van der Waals surface area contributed by atoms with Crippen molar-refractivity contribution in [2.45, 2.75) is 32.4 Å². The van der Waals surface area contributed by atoms with E-state index in [1.807, 2.05) is 54.6 Å². The molecule has 172 valence electrons. The number of ether oxygens (including phenoxy) is 1. The van der Waals surface area contributed by atoms with Crippen LogP contribution in [-0.4, -0.2) is 36.4 Å². The highest BCUT2D eigenvalue weighted by Gasteiger charge is 2.26. The van der Waals surface area contributed by atoms with Crippen molar-refractivity contribution in [3.63, 3.8) is 0 Å². The van der Waals surface area contributed by atoms with Crippen LogP contribution in [-0.2, 0) is 29.0 Å². The van der Waals surface area contributed by atoms with Crippen molar-refractivity contribution < 1.29 is 18.7 Å². The summed E-state index contributed by atoms with van der Waals surface area (Å²) in [6.07, 6.45) is 0.851. The van der Waals surface area contributed by atoms with Gasteiger partial charge in [0.05, 0.1) is 13.5 Å². The zero-order chi connectivity index (χ0) is 23.6. The number of benzene rings is 3. The van der Waals surface area contributed by atoms with E-state index in [2.05, 4.69) is 5.32 Å². The lowest BCUT2D eigenvalue weighted by Gasteiger charge is -2.29. The van der Waals surface area contributed by atoms with Crippen LogP contribution in [0.4, 0.5) is 4.39 Å². The van der Waals surface area contributed by atoms with E-state index in [0.717, 1.165) is 22.4 Å². The topological polar surface area (TPSA) is 58.6 Å². The minimum atomic E-state index is -0.679. The number of nitrogens with one attached hydrogen (secondary N) is 1. The fraction of sp³-hybridized carbons (Fsp3) is 0.259. The molecule has 33 heavy (non-hydrogen) atoms. The number of rotatable bonds is 10. The number of carbonyl (C=O) groups is 2. The Morgan fingerprint density at radius 1 is 0.909 bits per heavy atom. The third kappa shape index (κ3) is 7.17. The van der Waals surface area contributed by atoms with Crippen LogP contribution in [0.3, 0.4) is 0 Å². The molecule has 0 fully saturated rings. The normalized spacial score (nSPS) is 11.5. The van der Waals surface area contributed by atoms with Crippen LogP contribution in [0.2, 0.25) is 0 Å². The minimum absolute atomic E-state index is 0.164. The molecule has 0 spiro atoms. The number of hydrogen-bond acceptors (Lipinski definition) is 3. The van der Waals surface area contributed by atoms with Crippen LogP contribution < -0.4 is 10.1 Å². The molecule has 0 aliphatic carbocycles. The second-order valence-electron chi connectivity index (χ2n) is 7.88. The Labute approximate surface area is 194 Å². The van der Waals surface area contributed by atoms with Gasteiger partial charge in [0.25, 0.3) is 0 Å². The second kappa shape index (κ2) is 11.8. The average Bonchev–Trinajstić information content (AvgIpc) is 2.84. The fourth-order valence-corrected chi connectivity index (χ4v) is 3.51. The molecule has 0 heterocycles. The van der Waals surface area contributed by atoms with Crippen LogP contribution in [0.15, 0.2) is 78.9 Å². The Morgan fingerprint density at radius 3 is 2.18 bits per heavy atom.